The molecule has 0 aliphatic rings. The molecule has 0 aliphatic heterocycles. The maximum absolute atomic E-state index is 11.9. The Balaban J connectivity index is 4.85. The van der Waals surface area contributed by atoms with Crippen LogP contribution in [0.3, 0.4) is 0 Å². The molecule has 0 aromatic heterocycles. The molecule has 0 radical (unpaired) electrons. The Morgan fingerprint density at radius 1 is 1.00 bits per heavy atom. The maximum atomic E-state index is 11.9. The Bertz CT molecular complexity index is 163. The van der Waals surface area contributed by atoms with Gasteiger partial charge in [0.15, 0.2) is 0 Å². The largest absolute Gasteiger partial charge is 0.423 e. The Kier molecular flexibility index (Phi) is 2.91. The van der Waals surface area contributed by atoms with Gasteiger partial charge in [-0.15, -0.1) is 11.6 Å². The van der Waals surface area contributed by atoms with Gasteiger partial charge in [-0.2, -0.15) is 26.3 Å². The molecular weight excluding hydrogens is 213 g/mol. The van der Waals surface area contributed by atoms with E-state index in [1.54, 1.807) is 0 Å². The van der Waals surface area contributed by atoms with Crippen molar-refractivity contribution < 1.29 is 31.4 Å². The summed E-state index contributed by atoms with van der Waals surface area (Å²) in [6.07, 6.45) is -5.79. The maximum Gasteiger partial charge on any atom is 0.423 e. The molecule has 0 bridgehead atoms. The molecule has 12 heavy (non-hydrogen) atoms. The number of hydrogen-bond donors (Lipinski definition) is 1. The number of halogens is 7. The zero-order chi connectivity index (χ0) is 10.2. The van der Waals surface area contributed by atoms with Gasteiger partial charge in [-0.05, 0) is 0 Å². The first-order valence-corrected chi connectivity index (χ1v) is 3.01. The van der Waals surface area contributed by atoms with E-state index in [4.69, 9.17) is 5.11 Å². The molecular formula is C4H3ClF6O. The van der Waals surface area contributed by atoms with Gasteiger partial charge >= 0.3 is 18.0 Å². The SMILES string of the molecule is OC(F)(F)C(F)(F)C(F)(F)CCl. The fourth-order valence-corrected chi connectivity index (χ4v) is 0.472. The van der Waals surface area contributed by atoms with Crippen LogP contribution in [0.5, 0.6) is 0 Å². The summed E-state index contributed by atoms with van der Waals surface area (Å²) in [5.74, 6) is -13.0. The van der Waals surface area contributed by atoms with E-state index in [-0.39, 0.29) is 0 Å². The van der Waals surface area contributed by atoms with Gasteiger partial charge in [-0.3, -0.25) is 0 Å². The van der Waals surface area contributed by atoms with E-state index in [0.717, 1.165) is 0 Å². The van der Waals surface area contributed by atoms with E-state index in [0.29, 0.717) is 0 Å². The third kappa shape index (κ3) is 1.77. The molecule has 0 fully saturated rings. The minimum absolute atomic E-state index is 2.00. The third-order valence-corrected chi connectivity index (χ3v) is 1.34. The lowest BCUT2D eigenvalue weighted by atomic mass is 10.2. The van der Waals surface area contributed by atoms with Crippen LogP contribution in [-0.4, -0.2) is 28.9 Å². The molecule has 0 rings (SSSR count). The van der Waals surface area contributed by atoms with Crippen molar-refractivity contribution in [2.45, 2.75) is 18.0 Å². The van der Waals surface area contributed by atoms with Crippen molar-refractivity contribution >= 4 is 11.6 Å². The van der Waals surface area contributed by atoms with Gasteiger partial charge in [0.25, 0.3) is 0 Å². The van der Waals surface area contributed by atoms with Crippen LogP contribution in [0.25, 0.3) is 0 Å². The van der Waals surface area contributed by atoms with E-state index < -0.39 is 23.8 Å². The van der Waals surface area contributed by atoms with Crippen LogP contribution in [0.2, 0.25) is 0 Å². The highest BCUT2D eigenvalue weighted by Gasteiger charge is 2.71. The highest BCUT2D eigenvalue weighted by atomic mass is 35.5. The van der Waals surface area contributed by atoms with Gasteiger partial charge in [0.1, 0.15) is 0 Å². The van der Waals surface area contributed by atoms with Crippen LogP contribution in [0.15, 0.2) is 0 Å². The number of alkyl halides is 7. The molecule has 0 saturated heterocycles. The Morgan fingerprint density at radius 2 is 1.33 bits per heavy atom. The van der Waals surface area contributed by atoms with Crippen LogP contribution in [0, 0.1) is 0 Å². The van der Waals surface area contributed by atoms with Gasteiger partial charge in [-0.25, -0.2) is 0 Å². The molecule has 0 amide bonds. The van der Waals surface area contributed by atoms with Crippen molar-refractivity contribution in [3.05, 3.63) is 0 Å². The molecule has 0 atom stereocenters. The molecule has 74 valence electrons. The lowest BCUT2D eigenvalue weighted by molar-refractivity contribution is -0.379. The second kappa shape index (κ2) is 2.95. The van der Waals surface area contributed by atoms with Gasteiger partial charge < -0.3 is 5.11 Å². The Labute approximate surface area is 67.9 Å². The van der Waals surface area contributed by atoms with Crippen LogP contribution in [0.4, 0.5) is 26.3 Å². The smallest absolute Gasteiger partial charge is 0.331 e. The summed E-state index contributed by atoms with van der Waals surface area (Å²) in [5.41, 5.74) is 0. The molecule has 0 heterocycles. The van der Waals surface area contributed by atoms with Crippen molar-refractivity contribution in [1.82, 2.24) is 0 Å². The number of hydrogen-bond acceptors (Lipinski definition) is 1. The second-order valence-electron chi connectivity index (χ2n) is 1.95. The predicted octanol–water partition coefficient (Wildman–Crippen LogP) is 2.08. The van der Waals surface area contributed by atoms with Crippen LogP contribution in [-0.2, 0) is 0 Å². The van der Waals surface area contributed by atoms with Crippen molar-refractivity contribution in [3.63, 3.8) is 0 Å². The Morgan fingerprint density at radius 3 is 1.42 bits per heavy atom. The molecule has 1 nitrogen and oxygen atoms in total. The first-order chi connectivity index (χ1) is 5.06. The van der Waals surface area contributed by atoms with E-state index in [1.807, 2.05) is 0 Å². The summed E-state index contributed by atoms with van der Waals surface area (Å²) in [4.78, 5) is 0. The third-order valence-electron chi connectivity index (χ3n) is 1.00. The van der Waals surface area contributed by atoms with E-state index in [2.05, 4.69) is 11.6 Å². The van der Waals surface area contributed by atoms with Crippen molar-refractivity contribution in [2.75, 3.05) is 5.88 Å². The van der Waals surface area contributed by atoms with Crippen molar-refractivity contribution in [1.29, 1.82) is 0 Å². The fourth-order valence-electron chi connectivity index (χ4n) is 0.304. The second-order valence-corrected chi connectivity index (χ2v) is 2.22. The standard InChI is InChI=1S/C4H3ClF6O/c5-1-2(6,7)3(8,9)4(10,11)12/h12H,1H2. The molecule has 1 N–H and O–H groups in total. The minimum atomic E-state index is -5.86. The van der Waals surface area contributed by atoms with Gasteiger partial charge in [0.05, 0.1) is 5.88 Å². The summed E-state index contributed by atoms with van der Waals surface area (Å²) in [7, 11) is 0. The van der Waals surface area contributed by atoms with E-state index >= 15 is 0 Å². The molecule has 0 spiro atoms. The average Bonchev–Trinajstić information content (AvgIpc) is 1.85. The molecule has 0 aliphatic carbocycles. The van der Waals surface area contributed by atoms with E-state index in [9.17, 15) is 26.3 Å². The molecule has 0 saturated carbocycles. The molecule has 0 aromatic rings. The summed E-state index contributed by atoms with van der Waals surface area (Å²) >= 11 is 4.31. The van der Waals surface area contributed by atoms with Crippen LogP contribution in [0.1, 0.15) is 0 Å². The number of rotatable bonds is 3. The quantitative estimate of drug-likeness (QED) is 0.566. The van der Waals surface area contributed by atoms with Gasteiger partial charge in [0, 0.05) is 0 Å². The highest BCUT2D eigenvalue weighted by molar-refractivity contribution is 6.18. The van der Waals surface area contributed by atoms with Crippen LogP contribution >= 0.6 is 11.6 Å². The lowest BCUT2D eigenvalue weighted by Crippen LogP contribution is -2.55. The first kappa shape index (κ1) is 11.8. The fraction of sp³-hybridized carbons (Fsp3) is 1.00. The first-order valence-electron chi connectivity index (χ1n) is 2.48. The predicted molar refractivity (Wildman–Crippen MR) is 27.8 cm³/mol. The molecule has 0 aromatic carbocycles. The van der Waals surface area contributed by atoms with Gasteiger partial charge in [0.2, 0.25) is 0 Å². The van der Waals surface area contributed by atoms with Crippen molar-refractivity contribution in [2.24, 2.45) is 0 Å². The highest BCUT2D eigenvalue weighted by Crippen LogP contribution is 2.44. The normalized spacial score (nSPS) is 15.0. The summed E-state index contributed by atoms with van der Waals surface area (Å²) in [6.45, 7) is 0. The zero-order valence-electron chi connectivity index (χ0n) is 5.30. The van der Waals surface area contributed by atoms with Crippen LogP contribution < -0.4 is 0 Å². The van der Waals surface area contributed by atoms with Crippen molar-refractivity contribution in [3.8, 4) is 0 Å². The number of aliphatic hydroxyl groups is 1. The molecule has 0 unspecified atom stereocenters. The zero-order valence-corrected chi connectivity index (χ0v) is 6.06. The summed E-state index contributed by atoms with van der Waals surface area (Å²) < 4.78 is 70.5. The minimum Gasteiger partial charge on any atom is -0.331 e. The monoisotopic (exact) mass is 216 g/mol. The average molecular weight is 217 g/mol. The van der Waals surface area contributed by atoms with E-state index in [1.165, 1.54) is 0 Å². The lowest BCUT2D eigenvalue weighted by Gasteiger charge is -2.27. The summed E-state index contributed by atoms with van der Waals surface area (Å²) in [5, 5.41) is 7.39. The summed E-state index contributed by atoms with van der Waals surface area (Å²) in [6, 6.07) is 0. The van der Waals surface area contributed by atoms with Gasteiger partial charge in [-0.1, -0.05) is 0 Å². The Hall–Kier alpha value is -0.170. The topological polar surface area (TPSA) is 20.2 Å². The molecule has 8 heteroatoms.